The Bertz CT molecular complexity index is 727. The summed E-state index contributed by atoms with van der Waals surface area (Å²) in [6, 6.07) is 10.5. The molecule has 6 heteroatoms. The van der Waals surface area contributed by atoms with Gasteiger partial charge >= 0.3 is 0 Å². The standard InChI is InChI=1S/C21H28F2N2O2/c1-21(2,3)15-6-4-5-14(7-15)11-25-12-20(26)19(24)13-27-18-9-16(22)8-17(23)10-18/h4-10,19-20,25-26H,11-13,24H2,1-3H3. The van der Waals surface area contributed by atoms with E-state index in [-0.39, 0.29) is 24.3 Å². The number of halogens is 2. The molecule has 2 rings (SSSR count). The van der Waals surface area contributed by atoms with Crippen molar-refractivity contribution in [3.8, 4) is 5.75 Å². The maximum Gasteiger partial charge on any atom is 0.129 e. The molecule has 0 amide bonds. The largest absolute Gasteiger partial charge is 0.492 e. The second-order valence-electron chi connectivity index (χ2n) is 7.73. The highest BCUT2D eigenvalue weighted by Crippen LogP contribution is 2.22. The zero-order valence-electron chi connectivity index (χ0n) is 16.0. The normalized spacial score (nSPS) is 14.0. The number of ether oxygens (including phenoxy) is 1. The molecule has 0 radical (unpaired) electrons. The number of rotatable bonds is 8. The van der Waals surface area contributed by atoms with Gasteiger partial charge in [0.25, 0.3) is 0 Å². The number of nitrogens with two attached hydrogens (primary N) is 1. The Morgan fingerprint density at radius 2 is 1.78 bits per heavy atom. The van der Waals surface area contributed by atoms with Gasteiger partial charge in [0, 0.05) is 31.3 Å². The lowest BCUT2D eigenvalue weighted by atomic mass is 9.86. The van der Waals surface area contributed by atoms with Gasteiger partial charge in [0.2, 0.25) is 0 Å². The number of hydrogen-bond acceptors (Lipinski definition) is 4. The summed E-state index contributed by atoms with van der Waals surface area (Å²) in [5.74, 6) is -1.40. The van der Waals surface area contributed by atoms with E-state index in [1.165, 1.54) is 5.56 Å². The number of aliphatic hydroxyl groups is 1. The SMILES string of the molecule is CC(C)(C)c1cccc(CNCC(O)C(N)COc2cc(F)cc(F)c2)c1. The molecule has 0 saturated heterocycles. The molecule has 2 aromatic rings. The Morgan fingerprint density at radius 1 is 1.11 bits per heavy atom. The first-order valence-electron chi connectivity index (χ1n) is 8.98. The smallest absolute Gasteiger partial charge is 0.129 e. The van der Waals surface area contributed by atoms with Crippen LogP contribution in [0.3, 0.4) is 0 Å². The van der Waals surface area contributed by atoms with Crippen LogP contribution in [0.25, 0.3) is 0 Å². The van der Waals surface area contributed by atoms with E-state index in [0.717, 1.165) is 23.8 Å². The van der Waals surface area contributed by atoms with E-state index in [4.69, 9.17) is 10.5 Å². The van der Waals surface area contributed by atoms with E-state index >= 15 is 0 Å². The van der Waals surface area contributed by atoms with Crippen molar-refractivity contribution in [2.24, 2.45) is 5.73 Å². The molecule has 0 saturated carbocycles. The highest BCUT2D eigenvalue weighted by molar-refractivity contribution is 5.28. The summed E-state index contributed by atoms with van der Waals surface area (Å²) in [5.41, 5.74) is 8.34. The highest BCUT2D eigenvalue weighted by Gasteiger charge is 2.16. The van der Waals surface area contributed by atoms with Crippen LogP contribution in [0.2, 0.25) is 0 Å². The van der Waals surface area contributed by atoms with Crippen molar-refractivity contribution < 1.29 is 18.6 Å². The molecule has 0 spiro atoms. The van der Waals surface area contributed by atoms with Crippen molar-refractivity contribution in [1.29, 1.82) is 0 Å². The van der Waals surface area contributed by atoms with Crippen LogP contribution in [0.1, 0.15) is 31.9 Å². The van der Waals surface area contributed by atoms with Crippen LogP contribution >= 0.6 is 0 Å². The van der Waals surface area contributed by atoms with Crippen LogP contribution in [-0.2, 0) is 12.0 Å². The zero-order chi connectivity index (χ0) is 20.0. The maximum atomic E-state index is 13.1. The van der Waals surface area contributed by atoms with Gasteiger partial charge in [0.15, 0.2) is 0 Å². The fourth-order valence-corrected chi connectivity index (χ4v) is 2.58. The van der Waals surface area contributed by atoms with Crippen LogP contribution in [0.5, 0.6) is 5.75 Å². The van der Waals surface area contributed by atoms with Gasteiger partial charge in [-0.05, 0) is 16.5 Å². The summed E-state index contributed by atoms with van der Waals surface area (Å²) in [6.45, 7) is 7.31. The Kier molecular flexibility index (Phi) is 7.30. The predicted molar refractivity (Wildman–Crippen MR) is 103 cm³/mol. The minimum atomic E-state index is -0.853. The average Bonchev–Trinajstić information content (AvgIpc) is 2.58. The highest BCUT2D eigenvalue weighted by atomic mass is 19.1. The number of benzene rings is 2. The van der Waals surface area contributed by atoms with Gasteiger partial charge in [0.05, 0.1) is 12.1 Å². The number of hydrogen-bond donors (Lipinski definition) is 3. The zero-order valence-corrected chi connectivity index (χ0v) is 16.0. The van der Waals surface area contributed by atoms with Gasteiger partial charge in [-0.2, -0.15) is 0 Å². The molecular formula is C21H28F2N2O2. The quantitative estimate of drug-likeness (QED) is 0.660. The van der Waals surface area contributed by atoms with E-state index in [1.807, 2.05) is 12.1 Å². The molecule has 4 nitrogen and oxygen atoms in total. The molecule has 2 atom stereocenters. The van der Waals surface area contributed by atoms with Gasteiger partial charge in [0.1, 0.15) is 24.0 Å². The number of nitrogens with one attached hydrogen (secondary N) is 1. The van der Waals surface area contributed by atoms with Gasteiger partial charge in [-0.15, -0.1) is 0 Å². The fraction of sp³-hybridized carbons (Fsp3) is 0.429. The van der Waals surface area contributed by atoms with Gasteiger partial charge in [-0.1, -0.05) is 45.0 Å². The molecule has 0 heterocycles. The molecule has 0 aliphatic carbocycles. The second kappa shape index (κ2) is 9.26. The Labute approximate surface area is 159 Å². The third kappa shape index (κ3) is 6.90. The van der Waals surface area contributed by atoms with Crippen molar-refractivity contribution in [3.05, 3.63) is 65.2 Å². The van der Waals surface area contributed by atoms with Crippen LogP contribution < -0.4 is 15.8 Å². The lowest BCUT2D eigenvalue weighted by molar-refractivity contribution is 0.114. The Balaban J connectivity index is 1.79. The summed E-state index contributed by atoms with van der Waals surface area (Å²) >= 11 is 0. The van der Waals surface area contributed by atoms with Crippen LogP contribution in [0, 0.1) is 11.6 Å². The predicted octanol–water partition coefficient (Wildman–Crippen LogP) is 3.12. The lowest BCUT2D eigenvalue weighted by Gasteiger charge is -2.21. The van der Waals surface area contributed by atoms with E-state index in [1.54, 1.807) is 0 Å². The lowest BCUT2D eigenvalue weighted by Crippen LogP contribution is -2.45. The van der Waals surface area contributed by atoms with Crippen molar-refractivity contribution in [2.45, 2.75) is 44.9 Å². The third-order valence-corrected chi connectivity index (χ3v) is 4.25. The maximum absolute atomic E-state index is 13.1. The molecular weight excluding hydrogens is 350 g/mol. The first-order chi connectivity index (χ1) is 12.6. The first kappa shape index (κ1) is 21.3. The minimum Gasteiger partial charge on any atom is -0.492 e. The Morgan fingerprint density at radius 3 is 2.41 bits per heavy atom. The summed E-state index contributed by atoms with van der Waals surface area (Å²) in [5, 5.41) is 13.3. The summed E-state index contributed by atoms with van der Waals surface area (Å²) in [6.07, 6.45) is -0.853. The van der Waals surface area contributed by atoms with Gasteiger partial charge in [-0.3, -0.25) is 0 Å². The number of aliphatic hydroxyl groups excluding tert-OH is 1. The van der Waals surface area contributed by atoms with Crippen molar-refractivity contribution in [2.75, 3.05) is 13.2 Å². The average molecular weight is 378 g/mol. The summed E-state index contributed by atoms with van der Waals surface area (Å²) in [7, 11) is 0. The molecule has 148 valence electrons. The second-order valence-corrected chi connectivity index (χ2v) is 7.73. The van der Waals surface area contributed by atoms with Gasteiger partial charge < -0.3 is 20.9 Å². The minimum absolute atomic E-state index is 0.0436. The fourth-order valence-electron chi connectivity index (χ4n) is 2.58. The van der Waals surface area contributed by atoms with Crippen LogP contribution in [0.4, 0.5) is 8.78 Å². The molecule has 0 aromatic heterocycles. The van der Waals surface area contributed by atoms with Crippen LogP contribution in [-0.4, -0.2) is 30.4 Å². The van der Waals surface area contributed by atoms with Gasteiger partial charge in [-0.25, -0.2) is 8.78 Å². The molecule has 27 heavy (non-hydrogen) atoms. The van der Waals surface area contributed by atoms with E-state index < -0.39 is 23.8 Å². The van der Waals surface area contributed by atoms with E-state index in [0.29, 0.717) is 6.54 Å². The molecule has 0 aliphatic rings. The molecule has 2 aromatic carbocycles. The van der Waals surface area contributed by atoms with Crippen LogP contribution in [0.15, 0.2) is 42.5 Å². The molecule has 2 unspecified atom stereocenters. The van der Waals surface area contributed by atoms with Crippen molar-refractivity contribution >= 4 is 0 Å². The molecule has 0 bridgehead atoms. The first-order valence-corrected chi connectivity index (χ1v) is 8.98. The van der Waals surface area contributed by atoms with E-state index in [9.17, 15) is 13.9 Å². The topological polar surface area (TPSA) is 67.5 Å². The monoisotopic (exact) mass is 378 g/mol. The summed E-state index contributed by atoms with van der Waals surface area (Å²) < 4.78 is 31.5. The summed E-state index contributed by atoms with van der Waals surface area (Å²) in [4.78, 5) is 0. The van der Waals surface area contributed by atoms with E-state index in [2.05, 4.69) is 38.2 Å². The molecule has 0 fully saturated rings. The molecule has 4 N–H and O–H groups in total. The molecule has 0 aliphatic heterocycles. The third-order valence-electron chi connectivity index (χ3n) is 4.25. The van der Waals surface area contributed by atoms with Crippen molar-refractivity contribution in [1.82, 2.24) is 5.32 Å². The Hall–Kier alpha value is -2.02. The van der Waals surface area contributed by atoms with Crippen molar-refractivity contribution in [3.63, 3.8) is 0 Å².